The van der Waals surface area contributed by atoms with Gasteiger partial charge in [0.1, 0.15) is 4.60 Å². The van der Waals surface area contributed by atoms with E-state index in [1.165, 1.54) is 0 Å². The molecule has 5 rings (SSSR count). The normalized spacial score (nSPS) is 18.4. The third-order valence-electron chi connectivity index (χ3n) is 6.37. The summed E-state index contributed by atoms with van der Waals surface area (Å²) in [6, 6.07) is 18.6. The number of amides is 1. The van der Waals surface area contributed by atoms with Crippen molar-refractivity contribution in [2.75, 3.05) is 5.32 Å². The van der Waals surface area contributed by atoms with Gasteiger partial charge in [-0.25, -0.2) is 4.98 Å². The fourth-order valence-corrected chi connectivity index (χ4v) is 5.07. The average molecular weight is 504 g/mol. The summed E-state index contributed by atoms with van der Waals surface area (Å²) in [6.07, 6.45) is 5.60. The van der Waals surface area contributed by atoms with Crippen molar-refractivity contribution < 1.29 is 4.79 Å². The van der Waals surface area contributed by atoms with Crippen LogP contribution in [0.5, 0.6) is 0 Å². The van der Waals surface area contributed by atoms with Gasteiger partial charge in [0.2, 0.25) is 0 Å². The number of rotatable bonds is 5. The van der Waals surface area contributed by atoms with E-state index in [4.69, 9.17) is 5.73 Å². The standard InChI is InChI=1S/C26H26BrN5O/c27-25-21-9-4-14-29-22(21)23(31-19-12-10-18(28)11-13-19)24(32-25)26(33)30-15-17-7-3-6-16-5-1-2-8-20(16)17/h1-9,14,18-19,31H,10-13,15,28H2,(H,30,33). The zero-order chi connectivity index (χ0) is 22.8. The molecule has 0 atom stereocenters. The molecule has 4 aromatic rings. The first-order valence-electron chi connectivity index (χ1n) is 11.3. The average Bonchev–Trinajstić information content (AvgIpc) is 2.85. The quantitative estimate of drug-likeness (QED) is 0.327. The number of carbonyl (C=O) groups is 1. The van der Waals surface area contributed by atoms with E-state index < -0.39 is 0 Å². The molecule has 1 aliphatic rings. The van der Waals surface area contributed by atoms with Crippen LogP contribution < -0.4 is 16.4 Å². The lowest BCUT2D eigenvalue weighted by Crippen LogP contribution is -2.34. The van der Waals surface area contributed by atoms with Crippen molar-refractivity contribution in [1.29, 1.82) is 0 Å². The molecule has 7 heteroatoms. The molecule has 1 saturated carbocycles. The molecule has 0 aliphatic heterocycles. The first kappa shape index (κ1) is 21.8. The Labute approximate surface area is 201 Å². The smallest absolute Gasteiger partial charge is 0.272 e. The topological polar surface area (TPSA) is 92.9 Å². The lowest BCUT2D eigenvalue weighted by molar-refractivity contribution is 0.0947. The van der Waals surface area contributed by atoms with Gasteiger partial charge in [-0.1, -0.05) is 42.5 Å². The van der Waals surface area contributed by atoms with Crippen molar-refractivity contribution in [3.8, 4) is 0 Å². The van der Waals surface area contributed by atoms with Gasteiger partial charge in [-0.05, 0) is 70.1 Å². The van der Waals surface area contributed by atoms with Crippen molar-refractivity contribution in [2.45, 2.75) is 44.3 Å². The molecule has 0 unspecified atom stereocenters. The van der Waals surface area contributed by atoms with E-state index in [0.29, 0.717) is 22.5 Å². The molecule has 6 nitrogen and oxygen atoms in total. The molecule has 1 fully saturated rings. The largest absolute Gasteiger partial charge is 0.379 e. The summed E-state index contributed by atoms with van der Waals surface area (Å²) in [5.74, 6) is -0.230. The summed E-state index contributed by atoms with van der Waals surface area (Å²) >= 11 is 3.54. The van der Waals surface area contributed by atoms with E-state index in [0.717, 1.165) is 52.9 Å². The number of hydrogen-bond acceptors (Lipinski definition) is 5. The lowest BCUT2D eigenvalue weighted by Gasteiger charge is -2.28. The summed E-state index contributed by atoms with van der Waals surface area (Å²) in [5.41, 5.74) is 8.93. The van der Waals surface area contributed by atoms with Crippen molar-refractivity contribution in [3.05, 3.63) is 76.7 Å². The fourth-order valence-electron chi connectivity index (χ4n) is 4.57. The van der Waals surface area contributed by atoms with Gasteiger partial charge in [-0.3, -0.25) is 9.78 Å². The molecule has 0 radical (unpaired) electrons. The second kappa shape index (κ2) is 9.45. The van der Waals surface area contributed by atoms with Crippen molar-refractivity contribution in [1.82, 2.24) is 15.3 Å². The summed E-state index contributed by atoms with van der Waals surface area (Å²) in [6.45, 7) is 0.414. The Hall–Kier alpha value is -3.03. The molecule has 1 aliphatic carbocycles. The van der Waals surface area contributed by atoms with E-state index in [2.05, 4.69) is 54.7 Å². The fraction of sp³-hybridized carbons (Fsp3) is 0.269. The highest BCUT2D eigenvalue weighted by Crippen LogP contribution is 2.32. The Balaban J connectivity index is 1.46. The second-order valence-corrected chi connectivity index (χ2v) is 9.35. The predicted octanol–water partition coefficient (Wildman–Crippen LogP) is 5.16. The van der Waals surface area contributed by atoms with Crippen LogP contribution in [-0.2, 0) is 6.54 Å². The van der Waals surface area contributed by atoms with Crippen LogP contribution in [0.4, 0.5) is 5.69 Å². The van der Waals surface area contributed by atoms with E-state index >= 15 is 0 Å². The molecule has 0 bridgehead atoms. The zero-order valence-electron chi connectivity index (χ0n) is 18.2. The predicted molar refractivity (Wildman–Crippen MR) is 136 cm³/mol. The highest BCUT2D eigenvalue weighted by molar-refractivity contribution is 9.10. The Morgan fingerprint density at radius 1 is 1.00 bits per heavy atom. The van der Waals surface area contributed by atoms with Crippen LogP contribution in [0.25, 0.3) is 21.7 Å². The van der Waals surface area contributed by atoms with Gasteiger partial charge in [-0.2, -0.15) is 0 Å². The Morgan fingerprint density at radius 2 is 1.76 bits per heavy atom. The lowest BCUT2D eigenvalue weighted by atomic mass is 9.91. The highest BCUT2D eigenvalue weighted by atomic mass is 79.9. The number of aromatic nitrogens is 2. The molecule has 4 N–H and O–H groups in total. The minimum absolute atomic E-state index is 0.230. The molecule has 33 heavy (non-hydrogen) atoms. The maximum atomic E-state index is 13.4. The maximum Gasteiger partial charge on any atom is 0.272 e. The van der Waals surface area contributed by atoms with E-state index in [9.17, 15) is 4.79 Å². The summed E-state index contributed by atoms with van der Waals surface area (Å²) in [4.78, 5) is 22.6. The molecule has 0 saturated heterocycles. The molecule has 0 spiro atoms. The van der Waals surface area contributed by atoms with Gasteiger partial charge >= 0.3 is 0 Å². The SMILES string of the molecule is NC1CCC(Nc2c(C(=O)NCc3cccc4ccccc34)nc(Br)c3cccnc23)CC1. The van der Waals surface area contributed by atoms with Gasteiger partial charge in [-0.15, -0.1) is 0 Å². The third kappa shape index (κ3) is 4.56. The van der Waals surface area contributed by atoms with Crippen LogP contribution >= 0.6 is 15.9 Å². The van der Waals surface area contributed by atoms with Crippen molar-refractivity contribution in [3.63, 3.8) is 0 Å². The van der Waals surface area contributed by atoms with Crippen LogP contribution in [0.3, 0.4) is 0 Å². The van der Waals surface area contributed by atoms with Gasteiger partial charge in [0.25, 0.3) is 5.91 Å². The van der Waals surface area contributed by atoms with E-state index in [1.54, 1.807) is 6.20 Å². The number of halogens is 1. The van der Waals surface area contributed by atoms with Crippen LogP contribution in [0.1, 0.15) is 41.7 Å². The Kier molecular flexibility index (Phi) is 6.24. The molecular formula is C26H26BrN5O. The highest BCUT2D eigenvalue weighted by Gasteiger charge is 2.24. The summed E-state index contributed by atoms with van der Waals surface area (Å²) in [7, 11) is 0. The zero-order valence-corrected chi connectivity index (χ0v) is 19.8. The van der Waals surface area contributed by atoms with Gasteiger partial charge in [0, 0.05) is 30.2 Å². The minimum Gasteiger partial charge on any atom is -0.379 e. The number of benzene rings is 2. The van der Waals surface area contributed by atoms with Crippen LogP contribution in [-0.4, -0.2) is 28.0 Å². The van der Waals surface area contributed by atoms with Crippen LogP contribution in [0, 0.1) is 0 Å². The first-order chi connectivity index (χ1) is 16.1. The number of hydrogen-bond donors (Lipinski definition) is 3. The number of pyridine rings is 2. The number of anilines is 1. The maximum absolute atomic E-state index is 13.4. The van der Waals surface area contributed by atoms with Crippen molar-refractivity contribution >= 4 is 49.2 Å². The van der Waals surface area contributed by atoms with Gasteiger partial charge < -0.3 is 16.4 Å². The number of nitrogens with zero attached hydrogens (tertiary/aromatic N) is 2. The van der Waals surface area contributed by atoms with Crippen molar-refractivity contribution in [2.24, 2.45) is 5.73 Å². The Morgan fingerprint density at radius 3 is 2.61 bits per heavy atom. The molecule has 2 heterocycles. The Bertz CT molecular complexity index is 1310. The summed E-state index contributed by atoms with van der Waals surface area (Å²) < 4.78 is 0.608. The monoisotopic (exact) mass is 503 g/mol. The first-order valence-corrected chi connectivity index (χ1v) is 12.1. The molecule has 2 aromatic carbocycles. The molecule has 168 valence electrons. The number of nitrogens with one attached hydrogen (secondary N) is 2. The molecule has 2 aromatic heterocycles. The summed E-state index contributed by atoms with van der Waals surface area (Å²) in [5, 5.41) is 9.82. The molecule has 1 amide bonds. The number of nitrogens with two attached hydrogens (primary N) is 1. The van der Waals surface area contributed by atoms with E-state index in [-0.39, 0.29) is 18.0 Å². The second-order valence-electron chi connectivity index (χ2n) is 8.60. The van der Waals surface area contributed by atoms with Gasteiger partial charge in [0.15, 0.2) is 5.69 Å². The number of fused-ring (bicyclic) bond motifs is 2. The minimum atomic E-state index is -0.230. The third-order valence-corrected chi connectivity index (χ3v) is 6.97. The molecular weight excluding hydrogens is 478 g/mol. The van der Waals surface area contributed by atoms with Crippen LogP contribution in [0.15, 0.2) is 65.4 Å². The van der Waals surface area contributed by atoms with E-state index in [1.807, 2.05) is 36.4 Å². The number of carbonyl (C=O) groups excluding carboxylic acids is 1. The van der Waals surface area contributed by atoms with Gasteiger partial charge in [0.05, 0.1) is 11.2 Å². The van der Waals surface area contributed by atoms with Crippen LogP contribution in [0.2, 0.25) is 0 Å².